The van der Waals surface area contributed by atoms with Crippen molar-refractivity contribution < 1.29 is 14.5 Å². The van der Waals surface area contributed by atoms with Crippen molar-refractivity contribution in [2.45, 2.75) is 52.6 Å². The van der Waals surface area contributed by atoms with E-state index < -0.39 is 16.9 Å². The van der Waals surface area contributed by atoms with E-state index in [-0.39, 0.29) is 34.9 Å². The maximum atomic E-state index is 12.2. The third-order valence-electron chi connectivity index (χ3n) is 4.18. The van der Waals surface area contributed by atoms with Crippen molar-refractivity contribution in [3.63, 3.8) is 0 Å². The van der Waals surface area contributed by atoms with Gasteiger partial charge in [-0.15, -0.1) is 0 Å². The minimum atomic E-state index is -0.712. The number of carbonyl (C=O) groups excluding carboxylic acids is 1. The van der Waals surface area contributed by atoms with Crippen LogP contribution in [0.25, 0.3) is 0 Å². The lowest BCUT2D eigenvalue weighted by atomic mass is 9.67. The first kappa shape index (κ1) is 18.4. The molecule has 1 aromatic rings. The molecule has 0 aliphatic heterocycles. The van der Waals surface area contributed by atoms with Crippen LogP contribution in [0.5, 0.6) is 0 Å². The lowest BCUT2D eigenvalue weighted by Crippen LogP contribution is -2.55. The number of halogens is 1. The maximum Gasteiger partial charge on any atom is 0.329 e. The zero-order valence-electron chi connectivity index (χ0n) is 14.2. The molecule has 0 amide bonds. The van der Waals surface area contributed by atoms with Gasteiger partial charge >= 0.3 is 11.7 Å². The molecule has 1 atom stereocenters. The summed E-state index contributed by atoms with van der Waals surface area (Å²) in [4.78, 5) is 32.4. The number of hydrogen-bond acceptors (Lipinski definition) is 7. The van der Waals surface area contributed by atoms with Crippen LogP contribution < -0.4 is 4.90 Å². The first-order chi connectivity index (χ1) is 11.2. The van der Waals surface area contributed by atoms with E-state index in [2.05, 4.69) is 23.8 Å². The number of carbonyl (C=O) groups is 1. The van der Waals surface area contributed by atoms with Gasteiger partial charge in [-0.1, -0.05) is 13.8 Å². The van der Waals surface area contributed by atoms with Crippen LogP contribution in [0, 0.1) is 15.5 Å². The van der Waals surface area contributed by atoms with E-state index in [1.54, 1.807) is 18.7 Å². The van der Waals surface area contributed by atoms with Crippen LogP contribution in [0.4, 0.5) is 11.5 Å². The Hall–Kier alpha value is -1.96. The Bertz CT molecular complexity index is 644. The summed E-state index contributed by atoms with van der Waals surface area (Å²) in [6.07, 6.45) is 2.64. The zero-order valence-corrected chi connectivity index (χ0v) is 14.9. The summed E-state index contributed by atoms with van der Waals surface area (Å²) >= 11 is 5.85. The predicted octanol–water partition coefficient (Wildman–Crippen LogP) is 2.98. The maximum absolute atomic E-state index is 12.2. The lowest BCUT2D eigenvalue weighted by molar-refractivity contribution is -0.384. The molecule has 0 bridgehead atoms. The minimum Gasteiger partial charge on any atom is -0.464 e. The van der Waals surface area contributed by atoms with Gasteiger partial charge in [0.15, 0.2) is 0 Å². The number of ether oxygens (including phenoxy) is 1. The Labute approximate surface area is 145 Å². The Morgan fingerprint density at radius 3 is 2.71 bits per heavy atom. The molecule has 0 N–H and O–H groups in total. The van der Waals surface area contributed by atoms with Crippen molar-refractivity contribution in [3.05, 3.63) is 21.6 Å². The van der Waals surface area contributed by atoms with E-state index in [1.807, 2.05) is 0 Å². The average molecular weight is 357 g/mol. The van der Waals surface area contributed by atoms with Gasteiger partial charge in [-0.2, -0.15) is 4.98 Å². The van der Waals surface area contributed by atoms with Crippen LogP contribution in [0.2, 0.25) is 5.28 Å². The second-order valence-corrected chi connectivity index (χ2v) is 7.00. The molecule has 0 spiro atoms. The van der Waals surface area contributed by atoms with Gasteiger partial charge in [0.05, 0.1) is 11.5 Å². The fourth-order valence-corrected chi connectivity index (χ4v) is 3.25. The summed E-state index contributed by atoms with van der Waals surface area (Å²) in [5.74, 6) is -0.396. The van der Waals surface area contributed by atoms with Crippen LogP contribution in [-0.4, -0.2) is 39.6 Å². The van der Waals surface area contributed by atoms with Crippen molar-refractivity contribution >= 4 is 29.1 Å². The topological polar surface area (TPSA) is 98.5 Å². The molecule has 1 fully saturated rings. The Kier molecular flexibility index (Phi) is 5.27. The van der Waals surface area contributed by atoms with E-state index in [4.69, 9.17) is 16.3 Å². The first-order valence-electron chi connectivity index (χ1n) is 7.78. The molecule has 0 radical (unpaired) electrons. The van der Waals surface area contributed by atoms with Gasteiger partial charge in [-0.25, -0.2) is 9.78 Å². The number of hydrogen-bond donors (Lipinski definition) is 0. The predicted molar refractivity (Wildman–Crippen MR) is 89.1 cm³/mol. The molecular weight excluding hydrogens is 336 g/mol. The number of esters is 1. The fraction of sp³-hybridized carbons (Fsp3) is 0.667. The van der Waals surface area contributed by atoms with Crippen molar-refractivity contribution in [2.75, 3.05) is 11.5 Å². The summed E-state index contributed by atoms with van der Waals surface area (Å²) in [5, 5.41) is 11.2. The summed E-state index contributed by atoms with van der Waals surface area (Å²) in [7, 11) is 0. The molecule has 2 rings (SSSR count). The molecule has 8 nitrogen and oxygen atoms in total. The van der Waals surface area contributed by atoms with Gasteiger partial charge in [0, 0.05) is 6.04 Å². The van der Waals surface area contributed by atoms with Gasteiger partial charge in [0.2, 0.25) is 11.1 Å². The van der Waals surface area contributed by atoms with Crippen LogP contribution in [0.15, 0.2) is 6.20 Å². The molecule has 1 heterocycles. The normalized spacial score (nSPS) is 17.7. The molecule has 1 aromatic heterocycles. The van der Waals surface area contributed by atoms with E-state index in [0.29, 0.717) is 0 Å². The number of nitro groups is 1. The van der Waals surface area contributed by atoms with Gasteiger partial charge in [-0.05, 0) is 43.7 Å². The van der Waals surface area contributed by atoms with E-state index in [1.165, 1.54) is 0 Å². The SMILES string of the molecule is CCOC(=O)[C@@H](C)N(c1nc(Cl)ncc1[N+](=O)[O-])C1CC(C)(C)C1. The number of nitrogens with zero attached hydrogens (tertiary/aromatic N) is 4. The zero-order chi connectivity index (χ0) is 18.1. The van der Waals surface area contributed by atoms with Crippen LogP contribution >= 0.6 is 11.6 Å². The summed E-state index contributed by atoms with van der Waals surface area (Å²) in [6.45, 7) is 7.82. The molecule has 132 valence electrons. The average Bonchev–Trinajstić information content (AvgIpc) is 2.45. The third kappa shape index (κ3) is 3.75. The van der Waals surface area contributed by atoms with Gasteiger partial charge < -0.3 is 9.64 Å². The van der Waals surface area contributed by atoms with Crippen molar-refractivity contribution in [2.24, 2.45) is 5.41 Å². The monoisotopic (exact) mass is 356 g/mol. The van der Waals surface area contributed by atoms with Gasteiger partial charge in [-0.3, -0.25) is 10.1 Å². The molecule has 1 aliphatic rings. The third-order valence-corrected chi connectivity index (χ3v) is 4.36. The summed E-state index contributed by atoms with van der Waals surface area (Å²) < 4.78 is 5.08. The number of rotatable bonds is 6. The minimum absolute atomic E-state index is 0.0518. The second-order valence-electron chi connectivity index (χ2n) is 6.67. The molecule has 24 heavy (non-hydrogen) atoms. The molecule has 9 heteroatoms. The van der Waals surface area contributed by atoms with Crippen LogP contribution in [0.1, 0.15) is 40.5 Å². The summed E-state index contributed by atoms with van der Waals surface area (Å²) in [5.41, 5.74) is -0.164. The highest BCUT2D eigenvalue weighted by Crippen LogP contribution is 2.46. The van der Waals surface area contributed by atoms with Crippen molar-refractivity contribution in [1.29, 1.82) is 0 Å². The number of anilines is 1. The second kappa shape index (κ2) is 6.88. The molecule has 1 saturated carbocycles. The molecule has 1 aliphatic carbocycles. The standard InChI is InChI=1S/C15H21ClN4O4/c1-5-24-13(21)9(2)19(10-6-15(3,4)7-10)12-11(20(22)23)8-17-14(16)18-12/h8-10H,5-7H2,1-4H3/t9-/m1/s1. The van der Waals surface area contributed by atoms with Crippen LogP contribution in [0.3, 0.4) is 0 Å². The Morgan fingerprint density at radius 1 is 1.58 bits per heavy atom. The highest BCUT2D eigenvalue weighted by molar-refractivity contribution is 6.28. The highest BCUT2D eigenvalue weighted by Gasteiger charge is 2.45. The largest absolute Gasteiger partial charge is 0.464 e. The Balaban J connectivity index is 2.45. The van der Waals surface area contributed by atoms with Crippen molar-refractivity contribution in [3.8, 4) is 0 Å². The summed E-state index contributed by atoms with van der Waals surface area (Å²) in [6, 6.07) is -0.764. The Morgan fingerprint density at radius 2 is 2.21 bits per heavy atom. The molecule has 0 saturated heterocycles. The lowest BCUT2D eigenvalue weighted by Gasteiger charge is -2.49. The molecular formula is C15H21ClN4O4. The number of aromatic nitrogens is 2. The quantitative estimate of drug-likeness (QED) is 0.334. The molecule has 0 unspecified atom stereocenters. The smallest absolute Gasteiger partial charge is 0.329 e. The van der Waals surface area contributed by atoms with E-state index >= 15 is 0 Å². The van der Waals surface area contributed by atoms with Crippen molar-refractivity contribution in [1.82, 2.24) is 9.97 Å². The van der Waals surface area contributed by atoms with Gasteiger partial charge in [0.25, 0.3) is 0 Å². The highest BCUT2D eigenvalue weighted by atomic mass is 35.5. The first-order valence-corrected chi connectivity index (χ1v) is 8.16. The van der Waals surface area contributed by atoms with E-state index in [9.17, 15) is 14.9 Å². The van der Waals surface area contributed by atoms with Crippen LogP contribution in [-0.2, 0) is 9.53 Å². The van der Waals surface area contributed by atoms with Gasteiger partial charge in [0.1, 0.15) is 12.2 Å². The van der Waals surface area contributed by atoms with E-state index in [0.717, 1.165) is 19.0 Å². The molecule has 0 aromatic carbocycles. The fourth-order valence-electron chi connectivity index (χ4n) is 3.13.